The molecule has 1 amide bonds. The highest BCUT2D eigenvalue weighted by atomic mass is 79.9. The minimum atomic E-state index is -0.0483. The Balaban J connectivity index is 1.55. The molecule has 31 heavy (non-hydrogen) atoms. The third-order valence-corrected chi connectivity index (χ3v) is 5.25. The van der Waals surface area contributed by atoms with Gasteiger partial charge < -0.3 is 20.1 Å². The van der Waals surface area contributed by atoms with Crippen molar-refractivity contribution < 1.29 is 14.3 Å². The van der Waals surface area contributed by atoms with E-state index in [1.165, 1.54) is 0 Å². The molecule has 0 saturated carbocycles. The summed E-state index contributed by atoms with van der Waals surface area (Å²) in [6, 6.07) is 21.6. The number of ether oxygens (including phenoxy) is 2. The number of amides is 1. The van der Waals surface area contributed by atoms with E-state index in [9.17, 15) is 4.79 Å². The second-order valence-corrected chi connectivity index (χ2v) is 7.98. The Kier molecular flexibility index (Phi) is 8.50. The largest absolute Gasteiger partial charge is 0.493 e. The molecule has 0 bridgehead atoms. The molecule has 3 aromatic rings. The van der Waals surface area contributed by atoms with Gasteiger partial charge in [-0.3, -0.25) is 4.79 Å². The fourth-order valence-electron chi connectivity index (χ4n) is 3.12. The van der Waals surface area contributed by atoms with Crippen molar-refractivity contribution >= 4 is 21.8 Å². The number of rotatable bonds is 10. The molecule has 2 N–H and O–H groups in total. The Labute approximate surface area is 191 Å². The molecule has 0 aliphatic carbocycles. The van der Waals surface area contributed by atoms with E-state index in [0.29, 0.717) is 43.3 Å². The third-order valence-electron chi connectivity index (χ3n) is 4.72. The van der Waals surface area contributed by atoms with Crippen LogP contribution in [0.2, 0.25) is 0 Å². The molecular formula is C25H27BrN2O3. The molecule has 0 heterocycles. The van der Waals surface area contributed by atoms with Gasteiger partial charge in [-0.2, -0.15) is 0 Å². The first-order chi connectivity index (χ1) is 15.1. The minimum absolute atomic E-state index is 0.0483. The first-order valence-electron chi connectivity index (χ1n) is 10.2. The van der Waals surface area contributed by atoms with Crippen molar-refractivity contribution in [3.63, 3.8) is 0 Å². The Morgan fingerprint density at radius 2 is 1.61 bits per heavy atom. The molecule has 162 valence electrons. The lowest BCUT2D eigenvalue weighted by atomic mass is 10.1. The molecule has 0 saturated heterocycles. The van der Waals surface area contributed by atoms with Crippen LogP contribution in [0.3, 0.4) is 0 Å². The number of methoxy groups -OCH3 is 1. The molecule has 0 spiro atoms. The Hall–Kier alpha value is -2.83. The molecule has 3 rings (SSSR count). The fraction of sp³-hybridized carbons (Fsp3) is 0.240. The smallest absolute Gasteiger partial charge is 0.251 e. The Morgan fingerprint density at radius 1 is 0.903 bits per heavy atom. The molecule has 0 unspecified atom stereocenters. The van der Waals surface area contributed by atoms with E-state index >= 15 is 0 Å². The number of benzene rings is 3. The van der Waals surface area contributed by atoms with Crippen LogP contribution in [0.25, 0.3) is 0 Å². The van der Waals surface area contributed by atoms with Crippen LogP contribution in [-0.4, -0.2) is 19.6 Å². The molecule has 0 aromatic heterocycles. The number of carbonyl (C=O) groups is 1. The molecule has 3 aromatic carbocycles. The quantitative estimate of drug-likeness (QED) is 0.423. The highest BCUT2D eigenvalue weighted by Crippen LogP contribution is 2.29. The van der Waals surface area contributed by atoms with E-state index in [1.54, 1.807) is 7.11 Å². The summed E-state index contributed by atoms with van der Waals surface area (Å²) in [5.41, 5.74) is 3.92. The van der Waals surface area contributed by atoms with Crippen molar-refractivity contribution in [1.82, 2.24) is 10.6 Å². The second kappa shape index (κ2) is 11.5. The normalized spacial score (nSPS) is 10.5. The van der Waals surface area contributed by atoms with Crippen LogP contribution in [-0.2, 0) is 19.7 Å². The summed E-state index contributed by atoms with van der Waals surface area (Å²) in [4.78, 5) is 12.0. The van der Waals surface area contributed by atoms with E-state index in [-0.39, 0.29) is 5.91 Å². The van der Waals surface area contributed by atoms with Crippen LogP contribution in [0.5, 0.6) is 11.5 Å². The first-order valence-corrected chi connectivity index (χ1v) is 11.0. The summed E-state index contributed by atoms with van der Waals surface area (Å²) in [5, 5.41) is 6.24. The highest BCUT2D eigenvalue weighted by Gasteiger charge is 2.08. The Morgan fingerprint density at radius 3 is 2.32 bits per heavy atom. The van der Waals surface area contributed by atoms with Crippen molar-refractivity contribution in [3.8, 4) is 11.5 Å². The standard InChI is InChI=1S/C25H27BrN2O3/c1-3-28-25(29)21-6-4-5-19(13-21)15-27-16-20-9-12-23(24(14-20)30-2)31-17-18-7-10-22(26)11-8-18/h4-14,27H,3,15-17H2,1-2H3,(H,28,29). The van der Waals surface area contributed by atoms with Crippen LogP contribution in [0.1, 0.15) is 34.0 Å². The maximum Gasteiger partial charge on any atom is 0.251 e. The van der Waals surface area contributed by atoms with Crippen molar-refractivity contribution in [1.29, 1.82) is 0 Å². The summed E-state index contributed by atoms with van der Waals surface area (Å²) in [6.45, 7) is 4.34. The number of halogens is 1. The fourth-order valence-corrected chi connectivity index (χ4v) is 3.38. The maximum atomic E-state index is 12.0. The van der Waals surface area contributed by atoms with Crippen molar-refractivity contribution in [2.45, 2.75) is 26.6 Å². The van der Waals surface area contributed by atoms with Crippen molar-refractivity contribution in [2.24, 2.45) is 0 Å². The zero-order valence-corrected chi connectivity index (χ0v) is 19.4. The summed E-state index contributed by atoms with van der Waals surface area (Å²) in [6.07, 6.45) is 0. The van der Waals surface area contributed by atoms with Gasteiger partial charge in [0.05, 0.1) is 7.11 Å². The van der Waals surface area contributed by atoms with Crippen LogP contribution in [0.4, 0.5) is 0 Å². The lowest BCUT2D eigenvalue weighted by Gasteiger charge is -2.13. The molecule has 0 fully saturated rings. The average molecular weight is 483 g/mol. The molecule has 0 radical (unpaired) electrons. The van der Waals surface area contributed by atoms with Crippen LogP contribution < -0.4 is 20.1 Å². The van der Waals surface area contributed by atoms with Crippen molar-refractivity contribution in [3.05, 3.63) is 93.5 Å². The molecule has 0 aliphatic heterocycles. The topological polar surface area (TPSA) is 59.6 Å². The molecule has 0 atom stereocenters. The van der Waals surface area contributed by atoms with Gasteiger partial charge in [-0.25, -0.2) is 0 Å². The summed E-state index contributed by atoms with van der Waals surface area (Å²) in [7, 11) is 1.64. The molecule has 5 nitrogen and oxygen atoms in total. The van der Waals surface area contributed by atoms with Crippen LogP contribution >= 0.6 is 15.9 Å². The second-order valence-electron chi connectivity index (χ2n) is 7.06. The van der Waals surface area contributed by atoms with Gasteiger partial charge in [0, 0.05) is 29.7 Å². The zero-order valence-electron chi connectivity index (χ0n) is 17.8. The lowest BCUT2D eigenvalue weighted by Crippen LogP contribution is -2.23. The number of nitrogens with one attached hydrogen (secondary N) is 2. The number of hydrogen-bond donors (Lipinski definition) is 2. The lowest BCUT2D eigenvalue weighted by molar-refractivity contribution is 0.0955. The number of carbonyl (C=O) groups excluding carboxylic acids is 1. The van der Waals surface area contributed by atoms with Gasteiger partial charge in [0.25, 0.3) is 5.91 Å². The average Bonchev–Trinajstić information content (AvgIpc) is 2.79. The van der Waals surface area contributed by atoms with Gasteiger partial charge in [0.1, 0.15) is 6.61 Å². The van der Waals surface area contributed by atoms with E-state index in [1.807, 2.05) is 73.7 Å². The predicted molar refractivity (Wildman–Crippen MR) is 126 cm³/mol. The first kappa shape index (κ1) is 22.8. The molecular weight excluding hydrogens is 456 g/mol. The SMILES string of the molecule is CCNC(=O)c1cccc(CNCc2ccc(OCc3ccc(Br)cc3)c(OC)c2)c1. The predicted octanol–water partition coefficient (Wildman–Crippen LogP) is 5.08. The zero-order chi connectivity index (χ0) is 22.1. The monoisotopic (exact) mass is 482 g/mol. The van der Waals surface area contributed by atoms with Gasteiger partial charge in [-0.1, -0.05) is 46.3 Å². The van der Waals surface area contributed by atoms with Crippen molar-refractivity contribution in [2.75, 3.05) is 13.7 Å². The van der Waals surface area contributed by atoms with Gasteiger partial charge in [-0.15, -0.1) is 0 Å². The Bertz CT molecular complexity index is 1010. The van der Waals surface area contributed by atoms with E-state index in [2.05, 4.69) is 26.6 Å². The van der Waals surface area contributed by atoms with Crippen LogP contribution in [0.15, 0.2) is 71.2 Å². The summed E-state index contributed by atoms with van der Waals surface area (Å²) >= 11 is 3.44. The third kappa shape index (κ3) is 6.84. The van der Waals surface area contributed by atoms with Gasteiger partial charge in [-0.05, 0) is 60.0 Å². The van der Waals surface area contributed by atoms with Crippen LogP contribution in [0, 0.1) is 0 Å². The molecule has 0 aliphatic rings. The maximum absolute atomic E-state index is 12.0. The number of hydrogen-bond acceptors (Lipinski definition) is 4. The summed E-state index contributed by atoms with van der Waals surface area (Å²) in [5.74, 6) is 1.37. The summed E-state index contributed by atoms with van der Waals surface area (Å²) < 4.78 is 12.5. The van der Waals surface area contributed by atoms with Gasteiger partial charge in [0.15, 0.2) is 11.5 Å². The minimum Gasteiger partial charge on any atom is -0.493 e. The van der Waals surface area contributed by atoms with Gasteiger partial charge in [0.2, 0.25) is 0 Å². The molecule has 6 heteroatoms. The van der Waals surface area contributed by atoms with E-state index in [4.69, 9.17) is 9.47 Å². The van der Waals surface area contributed by atoms with Gasteiger partial charge >= 0.3 is 0 Å². The highest BCUT2D eigenvalue weighted by molar-refractivity contribution is 9.10. The van der Waals surface area contributed by atoms with E-state index < -0.39 is 0 Å². The van der Waals surface area contributed by atoms with E-state index in [0.717, 1.165) is 21.2 Å².